The zero-order valence-corrected chi connectivity index (χ0v) is 21.2. The van der Waals surface area contributed by atoms with E-state index in [0.717, 1.165) is 0 Å². The van der Waals surface area contributed by atoms with Crippen molar-refractivity contribution in [1.82, 2.24) is 0 Å². The van der Waals surface area contributed by atoms with Crippen molar-refractivity contribution in [3.63, 3.8) is 0 Å². The maximum absolute atomic E-state index is 14.2. The van der Waals surface area contributed by atoms with Crippen molar-refractivity contribution in [2.24, 2.45) is 17.3 Å². The smallest absolute Gasteiger partial charge is 0.311 e. The molecule has 3 rings (SSSR count). The van der Waals surface area contributed by atoms with Gasteiger partial charge in [0.25, 0.3) is 0 Å². The molecular weight excluding hydrogens is 576 g/mol. The molecule has 9 heteroatoms. The molecule has 4 nitrogen and oxygen atoms in total. The number of nitrogens with zero attached hydrogens (tertiary/aromatic N) is 1. The molecule has 0 spiro atoms. The molecule has 0 aromatic heterocycles. The summed E-state index contributed by atoms with van der Waals surface area (Å²) in [5.41, 5.74) is -0.128. The van der Waals surface area contributed by atoms with Crippen LogP contribution in [0.25, 0.3) is 0 Å². The number of alkyl halides is 4. The van der Waals surface area contributed by atoms with Crippen molar-refractivity contribution >= 4 is 61.0 Å². The molecule has 0 radical (unpaired) electrons. The fourth-order valence-electron chi connectivity index (χ4n) is 3.61. The summed E-state index contributed by atoms with van der Waals surface area (Å²) in [6.45, 7) is 3.80. The molecule has 0 N–H and O–H groups in total. The third-order valence-corrected chi connectivity index (χ3v) is 8.73. The molecule has 2 aromatic rings. The van der Waals surface area contributed by atoms with Gasteiger partial charge in [-0.3, -0.25) is 4.79 Å². The Morgan fingerprint density at radius 3 is 2.48 bits per heavy atom. The first kappa shape index (κ1) is 24.3. The Labute approximate surface area is 206 Å². The second kappa shape index (κ2) is 9.27. The van der Waals surface area contributed by atoms with E-state index in [2.05, 4.69) is 31.9 Å². The van der Waals surface area contributed by atoms with Crippen molar-refractivity contribution in [2.45, 2.75) is 28.0 Å². The molecule has 0 amide bonds. The molecular formula is C22H18Br2Cl2FNO3. The first-order valence-electron chi connectivity index (χ1n) is 9.30. The molecule has 0 unspecified atom stereocenters. The van der Waals surface area contributed by atoms with Crippen LogP contribution in [0, 0.1) is 34.4 Å². The second-order valence-corrected chi connectivity index (χ2v) is 12.4. The number of ether oxygens (including phenoxy) is 2. The van der Waals surface area contributed by atoms with Crippen molar-refractivity contribution in [2.75, 3.05) is 0 Å². The van der Waals surface area contributed by atoms with Crippen molar-refractivity contribution in [3.05, 3.63) is 59.9 Å². The number of esters is 1. The lowest BCUT2D eigenvalue weighted by molar-refractivity contribution is -0.149. The first-order valence-corrected chi connectivity index (χ1v) is 11.8. The summed E-state index contributed by atoms with van der Waals surface area (Å²) in [7, 11) is 0. The molecule has 0 bridgehead atoms. The van der Waals surface area contributed by atoms with E-state index < -0.39 is 37.3 Å². The van der Waals surface area contributed by atoms with Crippen LogP contribution >= 0.6 is 55.1 Å². The molecule has 4 atom stereocenters. The number of nitriles is 1. The van der Waals surface area contributed by atoms with Gasteiger partial charge >= 0.3 is 5.97 Å². The average molecular weight is 594 g/mol. The molecule has 0 aliphatic heterocycles. The SMILES string of the molecule is CC1(C)[C@@H]([C@@H](Br)C(Cl)(Cl)Br)[C@H]1C(=O)O[C@H](C#N)c1ccc(F)c(Oc2ccccc2)c1. The molecule has 164 valence electrons. The van der Waals surface area contributed by atoms with E-state index in [-0.39, 0.29) is 11.7 Å². The van der Waals surface area contributed by atoms with E-state index in [1.165, 1.54) is 18.2 Å². The monoisotopic (exact) mass is 591 g/mol. The van der Waals surface area contributed by atoms with Crippen LogP contribution in [0.1, 0.15) is 25.5 Å². The Morgan fingerprint density at radius 2 is 1.90 bits per heavy atom. The van der Waals surface area contributed by atoms with Crippen LogP contribution in [0.4, 0.5) is 4.39 Å². The van der Waals surface area contributed by atoms with Gasteiger partial charge in [0, 0.05) is 5.56 Å². The zero-order chi connectivity index (χ0) is 23.0. The van der Waals surface area contributed by atoms with Crippen LogP contribution < -0.4 is 4.74 Å². The highest BCUT2D eigenvalue weighted by molar-refractivity contribution is 9.13. The highest BCUT2D eigenvalue weighted by Crippen LogP contribution is 2.65. The summed E-state index contributed by atoms with van der Waals surface area (Å²) in [5.74, 6) is -1.50. The molecule has 31 heavy (non-hydrogen) atoms. The van der Waals surface area contributed by atoms with E-state index >= 15 is 0 Å². The number of para-hydroxylation sites is 1. The standard InChI is InChI=1S/C22H18Br2Cl2FNO3/c1-21(2)17(19(23)22(24,25)26)18(21)20(29)31-16(11-28)12-8-9-14(27)15(10-12)30-13-6-4-3-5-7-13/h3-10,16-19H,1-2H3/t16-,17-,18+,19-/m1/s1. The normalized spacial score (nSPS) is 21.5. The van der Waals surface area contributed by atoms with Gasteiger partial charge in [0.1, 0.15) is 11.8 Å². The van der Waals surface area contributed by atoms with Gasteiger partial charge in [-0.15, -0.1) is 0 Å². The van der Waals surface area contributed by atoms with Crippen molar-refractivity contribution < 1.29 is 18.7 Å². The molecule has 0 heterocycles. The van der Waals surface area contributed by atoms with Gasteiger partial charge in [-0.25, -0.2) is 4.39 Å². The van der Waals surface area contributed by atoms with Crippen LogP contribution in [0.15, 0.2) is 48.5 Å². The fourth-order valence-corrected chi connectivity index (χ4v) is 5.16. The Hall–Kier alpha value is -1.33. The lowest BCUT2D eigenvalue weighted by atomic mass is 10.1. The van der Waals surface area contributed by atoms with E-state index in [9.17, 15) is 14.4 Å². The molecule has 1 aliphatic rings. The summed E-state index contributed by atoms with van der Waals surface area (Å²) in [6.07, 6.45) is -1.22. The lowest BCUT2D eigenvalue weighted by Crippen LogP contribution is -2.24. The van der Waals surface area contributed by atoms with Gasteiger partial charge in [-0.2, -0.15) is 5.26 Å². The zero-order valence-electron chi connectivity index (χ0n) is 16.5. The Balaban J connectivity index is 1.77. The van der Waals surface area contributed by atoms with Gasteiger partial charge in [-0.1, -0.05) is 77.2 Å². The van der Waals surface area contributed by atoms with Crippen LogP contribution in [0.2, 0.25) is 0 Å². The molecule has 1 aliphatic carbocycles. The van der Waals surface area contributed by atoms with Crippen LogP contribution in [0.3, 0.4) is 0 Å². The van der Waals surface area contributed by atoms with E-state index in [0.29, 0.717) is 11.3 Å². The van der Waals surface area contributed by atoms with Gasteiger partial charge < -0.3 is 9.47 Å². The quantitative estimate of drug-likeness (QED) is 0.250. The number of rotatable bonds is 7. The number of benzene rings is 2. The third-order valence-electron chi connectivity index (χ3n) is 5.37. The summed E-state index contributed by atoms with van der Waals surface area (Å²) in [5, 5.41) is 9.59. The Morgan fingerprint density at radius 1 is 1.26 bits per heavy atom. The van der Waals surface area contributed by atoms with Gasteiger partial charge in [-0.05, 0) is 51.5 Å². The Kier molecular flexibility index (Phi) is 7.27. The van der Waals surface area contributed by atoms with Crippen molar-refractivity contribution in [3.8, 4) is 17.6 Å². The fraction of sp³-hybridized carbons (Fsp3) is 0.364. The summed E-state index contributed by atoms with van der Waals surface area (Å²) in [4.78, 5) is 12.4. The van der Waals surface area contributed by atoms with Gasteiger partial charge in [0.2, 0.25) is 6.10 Å². The summed E-state index contributed by atoms with van der Waals surface area (Å²) >= 11 is 18.9. The molecule has 0 saturated heterocycles. The molecule has 1 saturated carbocycles. The number of carbonyl (C=O) groups is 1. The summed E-state index contributed by atoms with van der Waals surface area (Å²) in [6, 6.07) is 14.5. The number of carbonyl (C=O) groups excluding carboxylic acids is 1. The number of halogens is 5. The van der Waals surface area contributed by atoms with Crippen LogP contribution in [0.5, 0.6) is 11.5 Å². The van der Waals surface area contributed by atoms with E-state index in [4.69, 9.17) is 32.7 Å². The second-order valence-electron chi connectivity index (χ2n) is 7.82. The average Bonchev–Trinajstić information content (AvgIpc) is 3.29. The topological polar surface area (TPSA) is 59.3 Å². The first-order chi connectivity index (χ1) is 14.5. The Bertz CT molecular complexity index is 1010. The highest BCUT2D eigenvalue weighted by Gasteiger charge is 2.67. The van der Waals surface area contributed by atoms with E-state index in [1.807, 2.05) is 26.0 Å². The maximum Gasteiger partial charge on any atom is 0.311 e. The van der Waals surface area contributed by atoms with E-state index in [1.54, 1.807) is 24.3 Å². The largest absolute Gasteiger partial charge is 0.454 e. The predicted octanol–water partition coefficient (Wildman–Crippen LogP) is 7.29. The molecule has 2 aromatic carbocycles. The van der Waals surface area contributed by atoms with Gasteiger partial charge in [0.15, 0.2) is 14.8 Å². The minimum atomic E-state index is -1.26. The van der Waals surface area contributed by atoms with Gasteiger partial charge in [0.05, 0.1) is 10.7 Å². The number of hydrogen-bond donors (Lipinski definition) is 0. The highest BCUT2D eigenvalue weighted by atomic mass is 79.9. The van der Waals surface area contributed by atoms with Crippen LogP contribution in [-0.4, -0.2) is 14.0 Å². The number of hydrogen-bond acceptors (Lipinski definition) is 4. The minimum Gasteiger partial charge on any atom is -0.454 e. The minimum absolute atomic E-state index is 0.0708. The maximum atomic E-state index is 14.2. The lowest BCUT2D eigenvalue weighted by Gasteiger charge is -2.20. The predicted molar refractivity (Wildman–Crippen MR) is 124 cm³/mol. The summed E-state index contributed by atoms with van der Waals surface area (Å²) < 4.78 is 24.0. The van der Waals surface area contributed by atoms with Crippen LogP contribution in [-0.2, 0) is 9.53 Å². The molecule has 1 fully saturated rings. The van der Waals surface area contributed by atoms with Crippen molar-refractivity contribution in [1.29, 1.82) is 5.26 Å². The third kappa shape index (κ3) is 5.36.